The van der Waals surface area contributed by atoms with Gasteiger partial charge in [0.25, 0.3) is 0 Å². The first-order chi connectivity index (χ1) is 7.50. The molecule has 0 aliphatic carbocycles. The smallest absolute Gasteiger partial charge is 0.0300 e. The molecule has 0 atom stereocenters. The molecule has 0 bridgehead atoms. The molecule has 1 aromatic heterocycles. The molecule has 0 amide bonds. The number of nitrogens with two attached hydrogens (primary N) is 1. The minimum absolute atomic E-state index is 0.0403. The van der Waals surface area contributed by atoms with Gasteiger partial charge >= 0.3 is 0 Å². The second kappa shape index (κ2) is 5.80. The number of hydrogen-bond donors (Lipinski definition) is 2. The van der Waals surface area contributed by atoms with Crippen molar-refractivity contribution in [3.63, 3.8) is 0 Å². The van der Waals surface area contributed by atoms with Crippen molar-refractivity contribution in [3.8, 4) is 0 Å². The van der Waals surface area contributed by atoms with Crippen molar-refractivity contribution < 1.29 is 0 Å². The zero-order chi connectivity index (χ0) is 12.2. The van der Waals surface area contributed by atoms with Crippen LogP contribution in [0, 0.1) is 13.8 Å². The molecule has 3 heteroatoms. The Morgan fingerprint density at radius 3 is 2.38 bits per heavy atom. The van der Waals surface area contributed by atoms with E-state index in [1.54, 1.807) is 0 Å². The average Bonchev–Trinajstić information content (AvgIpc) is 2.58. The van der Waals surface area contributed by atoms with Crippen LogP contribution in [-0.4, -0.2) is 12.1 Å². The van der Waals surface area contributed by atoms with E-state index in [1.807, 2.05) is 11.3 Å². The second-order valence-corrected chi connectivity index (χ2v) is 5.97. The SMILES string of the molecule is CCC(N)(CC)CNCc1cc(C)c(C)s1. The number of nitrogens with one attached hydrogen (secondary N) is 1. The molecule has 0 aromatic carbocycles. The van der Waals surface area contributed by atoms with Crippen molar-refractivity contribution in [2.24, 2.45) is 5.73 Å². The van der Waals surface area contributed by atoms with E-state index in [-0.39, 0.29) is 5.54 Å². The van der Waals surface area contributed by atoms with Crippen LogP contribution in [0.15, 0.2) is 6.07 Å². The van der Waals surface area contributed by atoms with Gasteiger partial charge in [0.2, 0.25) is 0 Å². The molecule has 0 aliphatic heterocycles. The highest BCUT2D eigenvalue weighted by Gasteiger charge is 2.19. The predicted molar refractivity (Wildman–Crippen MR) is 73.0 cm³/mol. The maximum absolute atomic E-state index is 6.24. The molecule has 0 saturated carbocycles. The quantitative estimate of drug-likeness (QED) is 0.802. The number of aryl methyl sites for hydroxylation is 2. The molecular formula is C13H24N2S. The highest BCUT2D eigenvalue weighted by atomic mass is 32.1. The van der Waals surface area contributed by atoms with Crippen LogP contribution >= 0.6 is 11.3 Å². The number of rotatable bonds is 6. The Morgan fingerprint density at radius 1 is 1.31 bits per heavy atom. The van der Waals surface area contributed by atoms with Gasteiger partial charge in [-0.2, -0.15) is 0 Å². The molecule has 0 aliphatic rings. The van der Waals surface area contributed by atoms with E-state index in [4.69, 9.17) is 5.73 Å². The summed E-state index contributed by atoms with van der Waals surface area (Å²) in [6.45, 7) is 10.5. The Hall–Kier alpha value is -0.380. The minimum atomic E-state index is -0.0403. The van der Waals surface area contributed by atoms with Crippen molar-refractivity contribution in [1.29, 1.82) is 0 Å². The average molecular weight is 240 g/mol. The van der Waals surface area contributed by atoms with Gasteiger partial charge in [0, 0.05) is 28.4 Å². The normalized spacial score (nSPS) is 12.1. The van der Waals surface area contributed by atoms with Crippen molar-refractivity contribution in [2.75, 3.05) is 6.54 Å². The summed E-state index contributed by atoms with van der Waals surface area (Å²) in [5.41, 5.74) is 7.59. The van der Waals surface area contributed by atoms with Gasteiger partial charge in [-0.3, -0.25) is 0 Å². The van der Waals surface area contributed by atoms with E-state index in [0.717, 1.165) is 25.9 Å². The highest BCUT2D eigenvalue weighted by molar-refractivity contribution is 7.12. The van der Waals surface area contributed by atoms with Gasteiger partial charge in [0.05, 0.1) is 0 Å². The molecule has 2 nitrogen and oxygen atoms in total. The molecule has 0 unspecified atom stereocenters. The van der Waals surface area contributed by atoms with Crippen molar-refractivity contribution >= 4 is 11.3 Å². The van der Waals surface area contributed by atoms with Gasteiger partial charge in [-0.05, 0) is 38.3 Å². The van der Waals surface area contributed by atoms with Gasteiger partial charge in [-0.1, -0.05) is 13.8 Å². The standard InChI is InChI=1S/C13H24N2S/c1-5-13(14,6-2)9-15-8-12-7-10(3)11(4)16-12/h7,15H,5-6,8-9,14H2,1-4H3. The molecular weight excluding hydrogens is 216 g/mol. The molecule has 92 valence electrons. The summed E-state index contributed by atoms with van der Waals surface area (Å²) in [6.07, 6.45) is 2.05. The van der Waals surface area contributed by atoms with Crippen LogP contribution in [0.2, 0.25) is 0 Å². The molecule has 0 radical (unpaired) electrons. The largest absolute Gasteiger partial charge is 0.324 e. The van der Waals surface area contributed by atoms with Crippen LogP contribution in [0.25, 0.3) is 0 Å². The van der Waals surface area contributed by atoms with Crippen LogP contribution in [0.5, 0.6) is 0 Å². The molecule has 1 rings (SSSR count). The first-order valence-electron chi connectivity index (χ1n) is 6.06. The molecule has 0 saturated heterocycles. The lowest BCUT2D eigenvalue weighted by Crippen LogP contribution is -2.47. The first-order valence-corrected chi connectivity index (χ1v) is 6.88. The first kappa shape index (κ1) is 13.7. The fourth-order valence-corrected chi connectivity index (χ4v) is 2.69. The zero-order valence-electron chi connectivity index (χ0n) is 10.9. The number of hydrogen-bond acceptors (Lipinski definition) is 3. The molecule has 0 spiro atoms. The van der Waals surface area contributed by atoms with Gasteiger partial charge in [-0.25, -0.2) is 0 Å². The van der Waals surface area contributed by atoms with Crippen molar-refractivity contribution in [1.82, 2.24) is 5.32 Å². The van der Waals surface area contributed by atoms with Crippen molar-refractivity contribution in [3.05, 3.63) is 21.4 Å². The molecule has 0 fully saturated rings. The summed E-state index contributed by atoms with van der Waals surface area (Å²) in [6, 6.07) is 2.27. The van der Waals surface area contributed by atoms with E-state index < -0.39 is 0 Å². The lowest BCUT2D eigenvalue weighted by atomic mass is 9.94. The van der Waals surface area contributed by atoms with Crippen LogP contribution in [0.3, 0.4) is 0 Å². The molecule has 1 heterocycles. The predicted octanol–water partition coefficient (Wildman–Crippen LogP) is 2.97. The second-order valence-electron chi connectivity index (χ2n) is 4.62. The molecule has 16 heavy (non-hydrogen) atoms. The number of thiophene rings is 1. The highest BCUT2D eigenvalue weighted by Crippen LogP contribution is 2.20. The van der Waals surface area contributed by atoms with E-state index in [9.17, 15) is 0 Å². The van der Waals surface area contributed by atoms with Crippen LogP contribution in [-0.2, 0) is 6.54 Å². The Kier molecular flexibility index (Phi) is 4.96. The van der Waals surface area contributed by atoms with Crippen LogP contribution in [0.4, 0.5) is 0 Å². The summed E-state index contributed by atoms with van der Waals surface area (Å²) >= 11 is 1.88. The zero-order valence-corrected chi connectivity index (χ0v) is 11.7. The third kappa shape index (κ3) is 3.58. The van der Waals surface area contributed by atoms with E-state index in [0.29, 0.717) is 0 Å². The Labute approximate surface area is 103 Å². The van der Waals surface area contributed by atoms with E-state index in [1.165, 1.54) is 15.3 Å². The van der Waals surface area contributed by atoms with Crippen molar-refractivity contribution in [2.45, 2.75) is 52.6 Å². The fourth-order valence-electron chi connectivity index (χ4n) is 1.67. The third-order valence-electron chi connectivity index (χ3n) is 3.40. The third-order valence-corrected chi connectivity index (χ3v) is 4.55. The van der Waals surface area contributed by atoms with Crippen LogP contribution in [0.1, 0.15) is 42.0 Å². The van der Waals surface area contributed by atoms with E-state index in [2.05, 4.69) is 39.1 Å². The summed E-state index contributed by atoms with van der Waals surface area (Å²) in [4.78, 5) is 2.83. The topological polar surface area (TPSA) is 38.0 Å². The Morgan fingerprint density at radius 2 is 1.94 bits per heavy atom. The maximum atomic E-state index is 6.24. The molecule has 1 aromatic rings. The molecule has 3 N–H and O–H groups in total. The van der Waals surface area contributed by atoms with Gasteiger partial charge in [-0.15, -0.1) is 11.3 Å². The van der Waals surface area contributed by atoms with Gasteiger partial charge in [0.1, 0.15) is 0 Å². The van der Waals surface area contributed by atoms with Gasteiger partial charge < -0.3 is 11.1 Å². The summed E-state index contributed by atoms with van der Waals surface area (Å²) in [5, 5.41) is 3.47. The summed E-state index contributed by atoms with van der Waals surface area (Å²) < 4.78 is 0. The lowest BCUT2D eigenvalue weighted by Gasteiger charge is -2.26. The summed E-state index contributed by atoms with van der Waals surface area (Å²) in [7, 11) is 0. The minimum Gasteiger partial charge on any atom is -0.324 e. The van der Waals surface area contributed by atoms with Crippen LogP contribution < -0.4 is 11.1 Å². The fraction of sp³-hybridized carbons (Fsp3) is 0.692. The summed E-state index contributed by atoms with van der Waals surface area (Å²) in [5.74, 6) is 0. The maximum Gasteiger partial charge on any atom is 0.0300 e. The Balaban J connectivity index is 2.41. The van der Waals surface area contributed by atoms with E-state index >= 15 is 0 Å². The lowest BCUT2D eigenvalue weighted by molar-refractivity contribution is 0.370. The Bertz CT molecular complexity index is 307. The monoisotopic (exact) mass is 240 g/mol. The van der Waals surface area contributed by atoms with Gasteiger partial charge in [0.15, 0.2) is 0 Å².